The minimum atomic E-state index is -0.278. The van der Waals surface area contributed by atoms with E-state index >= 15 is 0 Å². The number of hydrogen-bond donors (Lipinski definition) is 1. The number of rotatable bonds is 0. The van der Waals surface area contributed by atoms with Gasteiger partial charge < -0.3 is 5.73 Å². The van der Waals surface area contributed by atoms with Gasteiger partial charge in [0, 0.05) is 4.36 Å². The molecular weight excluding hydrogens is 88.5 g/mol. The molecule has 0 fully saturated rings. The van der Waals surface area contributed by atoms with E-state index in [1.54, 1.807) is 0 Å². The molecular formula is CH3AlClN. The van der Waals surface area contributed by atoms with Crippen LogP contribution in [0.2, 0.25) is 0 Å². The molecule has 0 aliphatic carbocycles. The molecule has 0 spiro atoms. The van der Waals surface area contributed by atoms with E-state index in [1.165, 1.54) is 0 Å². The molecule has 0 aromatic rings. The fraction of sp³-hybridized carbons (Fsp3) is 1.00. The van der Waals surface area contributed by atoms with Crippen LogP contribution < -0.4 is 5.73 Å². The molecule has 0 rings (SSSR count). The second kappa shape index (κ2) is 2.05. The zero-order valence-electron chi connectivity index (χ0n) is 2.11. The van der Waals surface area contributed by atoms with Crippen LogP contribution in [0.3, 0.4) is 0 Å². The Kier molecular flexibility index (Phi) is 2.45. The monoisotopic (exact) mass is 91.0 g/mol. The van der Waals surface area contributed by atoms with Crippen LogP contribution in [0.5, 0.6) is 0 Å². The van der Waals surface area contributed by atoms with Crippen molar-refractivity contribution >= 4 is 27.9 Å². The molecule has 1 unspecified atom stereocenters. The summed E-state index contributed by atoms with van der Waals surface area (Å²) in [5.74, 6) is 0. The molecule has 0 aromatic carbocycles. The van der Waals surface area contributed by atoms with Crippen LogP contribution in [0.15, 0.2) is 0 Å². The number of hydrogen-bond acceptors (Lipinski definition) is 1. The highest BCUT2D eigenvalue weighted by Crippen LogP contribution is 1.67. The van der Waals surface area contributed by atoms with E-state index in [0.717, 1.165) is 0 Å². The molecule has 2 radical (unpaired) electrons. The quantitative estimate of drug-likeness (QED) is 0.246. The second-order valence-electron chi connectivity index (χ2n) is 0.444. The molecule has 0 saturated heterocycles. The molecule has 1 atom stereocenters. The summed E-state index contributed by atoms with van der Waals surface area (Å²) in [7, 11) is 0. The zero-order chi connectivity index (χ0) is 3.58. The van der Waals surface area contributed by atoms with Crippen LogP contribution in [-0.4, -0.2) is 20.7 Å². The fourth-order valence-corrected chi connectivity index (χ4v) is 0. The highest BCUT2D eigenvalue weighted by atomic mass is 35.5. The summed E-state index contributed by atoms with van der Waals surface area (Å²) in [6.45, 7) is 0. The van der Waals surface area contributed by atoms with Gasteiger partial charge in [0.25, 0.3) is 0 Å². The van der Waals surface area contributed by atoms with Crippen molar-refractivity contribution in [1.82, 2.24) is 0 Å². The maximum atomic E-state index is 5.02. The number of halogens is 1. The molecule has 0 heterocycles. The first kappa shape index (κ1) is 4.78. The van der Waals surface area contributed by atoms with Crippen molar-refractivity contribution in [1.29, 1.82) is 0 Å². The molecule has 3 heteroatoms. The van der Waals surface area contributed by atoms with Gasteiger partial charge >= 0.3 is 0 Å². The Morgan fingerprint density at radius 3 is 2.00 bits per heavy atom. The van der Waals surface area contributed by atoms with Crippen molar-refractivity contribution in [3.63, 3.8) is 0 Å². The largest absolute Gasteiger partial charge is 0.330 e. The third-order valence-electron chi connectivity index (χ3n) is 0. The highest BCUT2D eigenvalue weighted by molar-refractivity contribution is 6.39. The van der Waals surface area contributed by atoms with Gasteiger partial charge in [-0.2, -0.15) is 0 Å². The average Bonchev–Trinajstić information content (AvgIpc) is 0.811. The maximum absolute atomic E-state index is 5.02. The number of nitrogens with two attached hydrogens (primary N) is 1. The summed E-state index contributed by atoms with van der Waals surface area (Å²) in [5, 5.41) is 0. The Morgan fingerprint density at radius 2 is 2.00 bits per heavy atom. The van der Waals surface area contributed by atoms with Crippen LogP contribution in [0.4, 0.5) is 0 Å². The van der Waals surface area contributed by atoms with Crippen molar-refractivity contribution < 1.29 is 0 Å². The van der Waals surface area contributed by atoms with E-state index in [4.69, 9.17) is 17.3 Å². The molecule has 22 valence electrons. The molecule has 0 aliphatic rings. The van der Waals surface area contributed by atoms with Gasteiger partial charge in [-0.3, -0.25) is 0 Å². The van der Waals surface area contributed by atoms with E-state index in [1.807, 2.05) is 0 Å². The fourth-order valence-electron chi connectivity index (χ4n) is 0. The molecule has 0 aromatic heterocycles. The summed E-state index contributed by atoms with van der Waals surface area (Å²) >= 11 is 7.22. The minimum Gasteiger partial charge on any atom is -0.330 e. The lowest BCUT2D eigenvalue weighted by Crippen LogP contribution is -2.09. The predicted molar refractivity (Wildman–Crippen MR) is 19.6 cm³/mol. The van der Waals surface area contributed by atoms with E-state index in [0.29, 0.717) is 0 Å². The highest BCUT2D eigenvalue weighted by Gasteiger charge is 1.70. The van der Waals surface area contributed by atoms with Gasteiger partial charge in [-0.15, -0.1) is 11.6 Å². The van der Waals surface area contributed by atoms with Crippen LogP contribution in [0.1, 0.15) is 0 Å². The Hall–Kier alpha value is 0.782. The molecule has 1 nitrogen and oxygen atoms in total. The van der Waals surface area contributed by atoms with Crippen molar-refractivity contribution in [3.8, 4) is 0 Å². The van der Waals surface area contributed by atoms with E-state index in [-0.39, 0.29) is 4.36 Å². The van der Waals surface area contributed by atoms with E-state index < -0.39 is 0 Å². The van der Waals surface area contributed by atoms with Gasteiger partial charge in [-0.25, -0.2) is 0 Å². The average molecular weight is 91.5 g/mol. The molecule has 0 saturated carbocycles. The summed E-state index contributed by atoms with van der Waals surface area (Å²) in [4.78, 5) is 0. The first-order valence-electron chi connectivity index (χ1n) is 0.885. The van der Waals surface area contributed by atoms with Crippen molar-refractivity contribution in [3.05, 3.63) is 0 Å². The summed E-state index contributed by atoms with van der Waals surface area (Å²) in [5.41, 5.74) is 4.84. The van der Waals surface area contributed by atoms with Crippen molar-refractivity contribution in [2.24, 2.45) is 5.73 Å². The van der Waals surface area contributed by atoms with Gasteiger partial charge in [0.05, 0.1) is 0 Å². The minimum absolute atomic E-state index is 0.278. The Morgan fingerprint density at radius 1 is 2.00 bits per heavy atom. The van der Waals surface area contributed by atoms with Gasteiger partial charge in [-0.1, -0.05) is 0 Å². The van der Waals surface area contributed by atoms with Gasteiger partial charge in [0.2, 0.25) is 0 Å². The molecule has 2 N–H and O–H groups in total. The van der Waals surface area contributed by atoms with Crippen LogP contribution in [0.25, 0.3) is 0 Å². The van der Waals surface area contributed by atoms with Crippen molar-refractivity contribution in [2.75, 3.05) is 0 Å². The third-order valence-corrected chi connectivity index (χ3v) is 0. The predicted octanol–water partition coefficient (Wildman–Crippen LogP) is -0.364. The zero-order valence-corrected chi connectivity index (χ0v) is 4.02. The maximum Gasteiger partial charge on any atom is 0.176 e. The van der Waals surface area contributed by atoms with Crippen LogP contribution in [-0.2, 0) is 0 Å². The Labute approximate surface area is 38.5 Å². The lowest BCUT2D eigenvalue weighted by atomic mass is 11.5. The number of alkyl halides is 1. The molecule has 4 heavy (non-hydrogen) atoms. The first-order chi connectivity index (χ1) is 1.73. The van der Waals surface area contributed by atoms with Crippen LogP contribution in [0, 0.1) is 0 Å². The van der Waals surface area contributed by atoms with Crippen molar-refractivity contribution in [2.45, 2.75) is 4.36 Å². The Balaban J connectivity index is 2.32. The third kappa shape index (κ3) is 14.4. The van der Waals surface area contributed by atoms with Gasteiger partial charge in [0.1, 0.15) is 0 Å². The standard InChI is InChI=1S/CH3ClN.Al/c2-1-3;/h1H,3H2;. The summed E-state index contributed by atoms with van der Waals surface area (Å²) in [6, 6.07) is 0. The van der Waals surface area contributed by atoms with E-state index in [2.05, 4.69) is 16.3 Å². The topological polar surface area (TPSA) is 26.0 Å². The SMILES string of the molecule is N[CH]([Al])Cl. The lowest BCUT2D eigenvalue weighted by Gasteiger charge is -1.79. The Bertz CT molecular complexity index is 12.8. The van der Waals surface area contributed by atoms with Gasteiger partial charge in [0.15, 0.2) is 16.3 Å². The summed E-state index contributed by atoms with van der Waals surface area (Å²) in [6.07, 6.45) is 0. The van der Waals surface area contributed by atoms with Crippen LogP contribution >= 0.6 is 11.6 Å². The normalized spacial score (nSPS) is 15.5. The van der Waals surface area contributed by atoms with E-state index in [9.17, 15) is 0 Å². The second-order valence-corrected chi connectivity index (χ2v) is 2.09. The molecule has 0 bridgehead atoms. The molecule has 0 amide bonds. The van der Waals surface area contributed by atoms with Gasteiger partial charge in [-0.05, 0) is 0 Å². The smallest absolute Gasteiger partial charge is 0.176 e. The molecule has 0 aliphatic heterocycles. The summed E-state index contributed by atoms with van der Waals surface area (Å²) < 4.78 is -0.278. The first-order valence-corrected chi connectivity index (χ1v) is 1.99. The lowest BCUT2D eigenvalue weighted by molar-refractivity contribution is 1.28.